The van der Waals surface area contributed by atoms with Crippen molar-refractivity contribution in [2.45, 2.75) is 19.4 Å². The number of imidazole rings is 1. The fraction of sp³-hybridized carbons (Fsp3) is 0.308. The molecule has 2 N–H and O–H groups in total. The Hall–Kier alpha value is -0.840. The van der Waals surface area contributed by atoms with Gasteiger partial charge >= 0.3 is 0 Å². The molecule has 0 aliphatic heterocycles. The molecule has 0 amide bonds. The third kappa shape index (κ3) is 4.12. The quantitative estimate of drug-likeness (QED) is 0.796. The van der Waals surface area contributed by atoms with Crippen LogP contribution < -0.4 is 5.32 Å². The number of aromatic amines is 1. The molecule has 1 heterocycles. The van der Waals surface area contributed by atoms with Crippen LogP contribution in [0.25, 0.3) is 0 Å². The van der Waals surface area contributed by atoms with Gasteiger partial charge in [0.25, 0.3) is 0 Å². The molecule has 3 nitrogen and oxygen atoms in total. The van der Waals surface area contributed by atoms with E-state index >= 15 is 0 Å². The third-order valence-corrected chi connectivity index (χ3v) is 3.87. The lowest BCUT2D eigenvalue weighted by Crippen LogP contribution is -2.15. The zero-order valence-corrected chi connectivity index (χ0v) is 12.3. The molecule has 1 aromatic heterocycles. The Morgan fingerprint density at radius 2 is 2.28 bits per heavy atom. The van der Waals surface area contributed by atoms with Crippen molar-refractivity contribution in [3.8, 4) is 0 Å². The van der Waals surface area contributed by atoms with E-state index in [1.807, 2.05) is 18.3 Å². The first-order chi connectivity index (χ1) is 8.75. The topological polar surface area (TPSA) is 40.7 Å². The molecule has 0 saturated heterocycles. The summed E-state index contributed by atoms with van der Waals surface area (Å²) in [5.41, 5.74) is 1.20. The molecule has 0 spiro atoms. The molecule has 0 aliphatic carbocycles. The minimum absolute atomic E-state index is 0.755. The SMILES string of the molecule is Clc1cc(CNCCCc2ncc[nH]2)ccc1Br. The average molecular weight is 329 g/mol. The number of aromatic nitrogens is 2. The summed E-state index contributed by atoms with van der Waals surface area (Å²) in [4.78, 5) is 7.29. The lowest BCUT2D eigenvalue weighted by molar-refractivity contribution is 0.641. The van der Waals surface area contributed by atoms with Crippen LogP contribution in [0, 0.1) is 0 Å². The van der Waals surface area contributed by atoms with Crippen LogP contribution in [0.15, 0.2) is 35.1 Å². The standard InChI is InChI=1S/C13H15BrClN3/c14-11-4-3-10(8-12(11)15)9-16-5-1-2-13-17-6-7-18-13/h3-4,6-8,16H,1-2,5,9H2,(H,17,18). The fourth-order valence-electron chi connectivity index (χ4n) is 1.70. The highest BCUT2D eigenvalue weighted by Crippen LogP contribution is 2.22. The molecule has 2 rings (SSSR count). The maximum absolute atomic E-state index is 6.03. The van der Waals surface area contributed by atoms with Gasteiger partial charge in [-0.2, -0.15) is 0 Å². The van der Waals surface area contributed by atoms with Crippen LogP contribution in [0.2, 0.25) is 5.02 Å². The van der Waals surface area contributed by atoms with Crippen LogP contribution in [0.1, 0.15) is 17.8 Å². The van der Waals surface area contributed by atoms with Gasteiger partial charge in [-0.3, -0.25) is 0 Å². The van der Waals surface area contributed by atoms with Crippen LogP contribution in [0.5, 0.6) is 0 Å². The number of rotatable bonds is 6. The molecule has 0 aliphatic rings. The van der Waals surface area contributed by atoms with Gasteiger partial charge in [-0.15, -0.1) is 0 Å². The summed E-state index contributed by atoms with van der Waals surface area (Å²) in [6.45, 7) is 1.81. The Kier molecular flexibility index (Phi) is 5.23. The van der Waals surface area contributed by atoms with Crippen molar-refractivity contribution in [1.29, 1.82) is 0 Å². The van der Waals surface area contributed by atoms with Crippen LogP contribution in [0.3, 0.4) is 0 Å². The number of hydrogen-bond donors (Lipinski definition) is 2. The number of hydrogen-bond acceptors (Lipinski definition) is 2. The van der Waals surface area contributed by atoms with E-state index in [-0.39, 0.29) is 0 Å². The Morgan fingerprint density at radius 3 is 3.00 bits per heavy atom. The molecule has 2 aromatic rings. The first-order valence-corrected chi connectivity index (χ1v) is 7.05. The van der Waals surface area contributed by atoms with Crippen molar-refractivity contribution < 1.29 is 0 Å². The smallest absolute Gasteiger partial charge is 0.106 e. The van der Waals surface area contributed by atoms with E-state index in [1.54, 1.807) is 6.20 Å². The summed E-state index contributed by atoms with van der Waals surface area (Å²) in [5, 5.41) is 4.15. The van der Waals surface area contributed by atoms with Crippen molar-refractivity contribution in [3.63, 3.8) is 0 Å². The number of aryl methyl sites for hydroxylation is 1. The van der Waals surface area contributed by atoms with Crippen LogP contribution in [-0.4, -0.2) is 16.5 Å². The fourth-order valence-corrected chi connectivity index (χ4v) is 2.15. The number of nitrogens with one attached hydrogen (secondary N) is 2. The summed E-state index contributed by atoms with van der Waals surface area (Å²) in [7, 11) is 0. The maximum Gasteiger partial charge on any atom is 0.106 e. The second-order valence-corrected chi connectivity index (χ2v) is 5.33. The lowest BCUT2D eigenvalue weighted by atomic mass is 10.2. The van der Waals surface area contributed by atoms with Gasteiger partial charge in [-0.1, -0.05) is 17.7 Å². The highest BCUT2D eigenvalue weighted by molar-refractivity contribution is 9.10. The molecule has 0 atom stereocenters. The maximum atomic E-state index is 6.03. The Bertz CT molecular complexity index is 485. The minimum Gasteiger partial charge on any atom is -0.349 e. The normalized spacial score (nSPS) is 10.8. The first-order valence-electron chi connectivity index (χ1n) is 5.88. The van der Waals surface area contributed by atoms with Crippen LogP contribution >= 0.6 is 27.5 Å². The van der Waals surface area contributed by atoms with E-state index in [9.17, 15) is 0 Å². The summed E-state index contributed by atoms with van der Waals surface area (Å²) in [6.07, 6.45) is 5.68. The number of H-pyrrole nitrogens is 1. The van der Waals surface area contributed by atoms with Gasteiger partial charge in [-0.25, -0.2) is 4.98 Å². The Morgan fingerprint density at radius 1 is 1.39 bits per heavy atom. The van der Waals surface area contributed by atoms with Crippen molar-refractivity contribution in [2.75, 3.05) is 6.54 Å². The van der Waals surface area contributed by atoms with E-state index in [0.29, 0.717) is 0 Å². The van der Waals surface area contributed by atoms with Crippen molar-refractivity contribution in [2.24, 2.45) is 0 Å². The van der Waals surface area contributed by atoms with E-state index in [4.69, 9.17) is 11.6 Å². The molecule has 0 unspecified atom stereocenters. The first kappa shape index (κ1) is 13.6. The van der Waals surface area contributed by atoms with Crippen molar-refractivity contribution in [1.82, 2.24) is 15.3 Å². The summed E-state index contributed by atoms with van der Waals surface area (Å²) in [6, 6.07) is 6.02. The van der Waals surface area contributed by atoms with Gasteiger partial charge in [0.2, 0.25) is 0 Å². The zero-order valence-electron chi connectivity index (χ0n) is 9.92. The average Bonchev–Trinajstić information content (AvgIpc) is 2.86. The van der Waals surface area contributed by atoms with Gasteiger partial charge < -0.3 is 10.3 Å². The summed E-state index contributed by atoms with van der Waals surface area (Å²) in [5.74, 6) is 1.04. The minimum atomic E-state index is 0.755. The number of nitrogens with zero attached hydrogens (tertiary/aromatic N) is 1. The zero-order chi connectivity index (χ0) is 12.8. The largest absolute Gasteiger partial charge is 0.349 e. The molecule has 0 radical (unpaired) electrons. The lowest BCUT2D eigenvalue weighted by Gasteiger charge is -2.05. The molecule has 0 fully saturated rings. The molecular weight excluding hydrogens is 314 g/mol. The number of benzene rings is 1. The van der Waals surface area contributed by atoms with E-state index in [2.05, 4.69) is 37.3 Å². The predicted octanol–water partition coefficient (Wildman–Crippen LogP) is 3.55. The summed E-state index contributed by atoms with van der Waals surface area (Å²) < 4.78 is 0.936. The van der Waals surface area contributed by atoms with Gasteiger partial charge in [-0.05, 0) is 46.6 Å². The van der Waals surface area contributed by atoms with E-state index in [1.165, 1.54) is 5.56 Å². The van der Waals surface area contributed by atoms with E-state index < -0.39 is 0 Å². The Labute approximate surface area is 120 Å². The number of halogens is 2. The summed E-state index contributed by atoms with van der Waals surface area (Å²) >= 11 is 9.42. The molecule has 96 valence electrons. The monoisotopic (exact) mass is 327 g/mol. The van der Waals surface area contributed by atoms with E-state index in [0.717, 1.165) is 41.3 Å². The van der Waals surface area contributed by atoms with Gasteiger partial charge in [0.1, 0.15) is 5.82 Å². The van der Waals surface area contributed by atoms with Crippen molar-refractivity contribution >= 4 is 27.5 Å². The van der Waals surface area contributed by atoms with Crippen LogP contribution in [0.4, 0.5) is 0 Å². The second kappa shape index (κ2) is 6.92. The van der Waals surface area contributed by atoms with Gasteiger partial charge in [0.15, 0.2) is 0 Å². The molecule has 18 heavy (non-hydrogen) atoms. The second-order valence-electron chi connectivity index (χ2n) is 4.06. The highest BCUT2D eigenvalue weighted by atomic mass is 79.9. The van der Waals surface area contributed by atoms with Gasteiger partial charge in [0, 0.05) is 29.8 Å². The molecule has 0 bridgehead atoms. The van der Waals surface area contributed by atoms with Crippen LogP contribution in [-0.2, 0) is 13.0 Å². The van der Waals surface area contributed by atoms with Crippen molar-refractivity contribution in [3.05, 3.63) is 51.5 Å². The molecule has 0 saturated carbocycles. The van der Waals surface area contributed by atoms with Gasteiger partial charge in [0.05, 0.1) is 5.02 Å². The third-order valence-electron chi connectivity index (χ3n) is 2.64. The molecule has 1 aromatic carbocycles. The molecule has 5 heteroatoms. The Balaban J connectivity index is 1.67. The highest BCUT2D eigenvalue weighted by Gasteiger charge is 1.99. The molecular formula is C13H15BrClN3. The predicted molar refractivity (Wildman–Crippen MR) is 77.8 cm³/mol.